The molecule has 1 aliphatic heterocycles. The monoisotopic (exact) mass is 372 g/mol. The van der Waals surface area contributed by atoms with Crippen molar-refractivity contribution in [2.45, 2.75) is 52.7 Å². The second-order valence-corrected chi connectivity index (χ2v) is 7.90. The number of hydrogen-bond donors (Lipinski definition) is 1. The highest BCUT2D eigenvalue weighted by atomic mass is 16.6. The number of amides is 2. The van der Waals surface area contributed by atoms with Gasteiger partial charge in [0.15, 0.2) is 0 Å². The van der Waals surface area contributed by atoms with Crippen LogP contribution in [0.3, 0.4) is 0 Å². The van der Waals surface area contributed by atoms with Gasteiger partial charge in [0.2, 0.25) is 11.9 Å². The Hall–Kier alpha value is -2.57. The molecule has 7 nitrogen and oxygen atoms in total. The molecule has 2 aromatic rings. The first-order chi connectivity index (χ1) is 12.8. The van der Waals surface area contributed by atoms with E-state index in [0.29, 0.717) is 31.9 Å². The Balaban J connectivity index is 1.61. The van der Waals surface area contributed by atoms with E-state index in [4.69, 9.17) is 4.74 Å². The van der Waals surface area contributed by atoms with Gasteiger partial charge in [0.05, 0.1) is 11.0 Å². The molecule has 1 saturated heterocycles. The van der Waals surface area contributed by atoms with Crippen LogP contribution in [0.25, 0.3) is 11.0 Å². The number of rotatable bonds is 3. The van der Waals surface area contributed by atoms with Crippen LogP contribution in [0.2, 0.25) is 0 Å². The fraction of sp³-hybridized carbons (Fsp3) is 0.550. The molecule has 1 aromatic carbocycles. The van der Waals surface area contributed by atoms with Crippen LogP contribution in [0.4, 0.5) is 10.7 Å². The molecular formula is C20H28N4O3. The van der Waals surface area contributed by atoms with Gasteiger partial charge in [0.1, 0.15) is 5.60 Å². The molecule has 146 valence electrons. The fourth-order valence-electron chi connectivity index (χ4n) is 3.35. The zero-order valence-electron chi connectivity index (χ0n) is 16.5. The maximum atomic E-state index is 12.7. The second-order valence-electron chi connectivity index (χ2n) is 7.90. The van der Waals surface area contributed by atoms with Crippen molar-refractivity contribution in [2.75, 3.05) is 18.4 Å². The maximum Gasteiger partial charge on any atom is 0.410 e. The minimum atomic E-state index is -0.509. The summed E-state index contributed by atoms with van der Waals surface area (Å²) in [5.74, 6) is 0.413. The van der Waals surface area contributed by atoms with E-state index >= 15 is 0 Å². The highest BCUT2D eigenvalue weighted by Gasteiger charge is 2.30. The summed E-state index contributed by atoms with van der Waals surface area (Å²) in [6.07, 6.45) is 0.934. The van der Waals surface area contributed by atoms with Crippen LogP contribution in [-0.2, 0) is 16.1 Å². The number of fused-ring (bicyclic) bond motifs is 1. The number of aryl methyl sites for hydroxylation is 1. The smallest absolute Gasteiger partial charge is 0.410 e. The summed E-state index contributed by atoms with van der Waals surface area (Å²) in [7, 11) is 0. The van der Waals surface area contributed by atoms with Gasteiger partial charge in [-0.1, -0.05) is 12.1 Å². The first-order valence-electron chi connectivity index (χ1n) is 9.52. The number of imidazole rings is 1. The summed E-state index contributed by atoms with van der Waals surface area (Å²) in [4.78, 5) is 31.1. The van der Waals surface area contributed by atoms with E-state index in [-0.39, 0.29) is 17.9 Å². The number of para-hydroxylation sites is 2. The van der Waals surface area contributed by atoms with Gasteiger partial charge >= 0.3 is 6.09 Å². The van der Waals surface area contributed by atoms with Crippen molar-refractivity contribution in [3.8, 4) is 0 Å². The number of ether oxygens (including phenoxy) is 1. The molecule has 7 heteroatoms. The van der Waals surface area contributed by atoms with Gasteiger partial charge in [-0.15, -0.1) is 0 Å². The predicted molar refractivity (Wildman–Crippen MR) is 105 cm³/mol. The Morgan fingerprint density at radius 1 is 1.22 bits per heavy atom. The van der Waals surface area contributed by atoms with Crippen LogP contribution >= 0.6 is 0 Å². The van der Waals surface area contributed by atoms with Crippen LogP contribution < -0.4 is 5.32 Å². The number of hydrogen-bond acceptors (Lipinski definition) is 4. The van der Waals surface area contributed by atoms with E-state index in [1.165, 1.54) is 0 Å². The molecule has 0 bridgehead atoms. The number of nitrogens with zero attached hydrogens (tertiary/aromatic N) is 3. The quantitative estimate of drug-likeness (QED) is 0.892. The molecule has 0 aliphatic carbocycles. The van der Waals surface area contributed by atoms with Crippen LogP contribution in [0.15, 0.2) is 24.3 Å². The number of benzene rings is 1. The third-order valence-electron chi connectivity index (χ3n) is 4.72. The van der Waals surface area contributed by atoms with Crippen molar-refractivity contribution in [1.29, 1.82) is 0 Å². The number of anilines is 1. The van der Waals surface area contributed by atoms with Gasteiger partial charge in [-0.05, 0) is 52.7 Å². The lowest BCUT2D eigenvalue weighted by Crippen LogP contribution is -2.43. The topological polar surface area (TPSA) is 76.5 Å². The molecule has 1 aliphatic rings. The third-order valence-corrected chi connectivity index (χ3v) is 4.72. The molecule has 3 rings (SSSR count). The van der Waals surface area contributed by atoms with Crippen molar-refractivity contribution in [2.24, 2.45) is 5.92 Å². The van der Waals surface area contributed by atoms with E-state index in [0.717, 1.165) is 17.6 Å². The van der Waals surface area contributed by atoms with Crippen molar-refractivity contribution in [1.82, 2.24) is 14.5 Å². The second kappa shape index (κ2) is 7.58. The molecule has 1 aromatic heterocycles. The fourth-order valence-corrected chi connectivity index (χ4v) is 3.35. The molecule has 0 unspecified atom stereocenters. The van der Waals surface area contributed by atoms with E-state index in [1.54, 1.807) is 4.90 Å². The molecule has 0 saturated carbocycles. The van der Waals surface area contributed by atoms with Gasteiger partial charge in [-0.25, -0.2) is 9.78 Å². The summed E-state index contributed by atoms with van der Waals surface area (Å²) < 4.78 is 7.41. The minimum absolute atomic E-state index is 0.0381. The molecule has 0 atom stereocenters. The average Bonchev–Trinajstić information content (AvgIpc) is 2.97. The molecule has 1 N–H and O–H groups in total. The average molecular weight is 372 g/mol. The lowest BCUT2D eigenvalue weighted by atomic mass is 9.96. The molecule has 0 radical (unpaired) electrons. The predicted octanol–water partition coefficient (Wildman–Crippen LogP) is 3.64. The van der Waals surface area contributed by atoms with E-state index in [2.05, 4.69) is 10.3 Å². The molecular weight excluding hydrogens is 344 g/mol. The first-order valence-corrected chi connectivity index (χ1v) is 9.52. The Kier molecular flexibility index (Phi) is 5.39. The van der Waals surface area contributed by atoms with Crippen LogP contribution in [0.5, 0.6) is 0 Å². The molecule has 2 amide bonds. The Morgan fingerprint density at radius 3 is 2.52 bits per heavy atom. The number of likely N-dealkylation sites (tertiary alicyclic amines) is 1. The molecule has 2 heterocycles. The van der Waals surface area contributed by atoms with Gasteiger partial charge in [0.25, 0.3) is 0 Å². The SMILES string of the molecule is CCn1c(NC(=O)C2CCN(C(=O)OC(C)(C)C)CC2)nc2ccccc21. The zero-order valence-corrected chi connectivity index (χ0v) is 16.5. The summed E-state index contributed by atoms with van der Waals surface area (Å²) in [5.41, 5.74) is 1.37. The van der Waals surface area contributed by atoms with E-state index < -0.39 is 5.60 Å². The van der Waals surface area contributed by atoms with Crippen LogP contribution in [0, 0.1) is 5.92 Å². The third kappa shape index (κ3) is 4.40. The van der Waals surface area contributed by atoms with Crippen molar-refractivity contribution in [3.63, 3.8) is 0 Å². The number of carbonyl (C=O) groups is 2. The lowest BCUT2D eigenvalue weighted by molar-refractivity contribution is -0.121. The van der Waals surface area contributed by atoms with Gasteiger partial charge in [0, 0.05) is 25.6 Å². The summed E-state index contributed by atoms with van der Waals surface area (Å²) in [6, 6.07) is 7.85. The molecule has 1 fully saturated rings. The standard InChI is InChI=1S/C20H28N4O3/c1-5-24-16-9-7-6-8-15(16)21-18(24)22-17(25)14-10-12-23(13-11-14)19(26)27-20(2,3)4/h6-9,14H,5,10-13H2,1-4H3,(H,21,22,25). The van der Waals surface area contributed by atoms with Gasteiger partial charge in [-0.3, -0.25) is 10.1 Å². The van der Waals surface area contributed by atoms with Crippen LogP contribution in [0.1, 0.15) is 40.5 Å². The van der Waals surface area contributed by atoms with E-state index in [1.807, 2.05) is 56.5 Å². The number of carbonyl (C=O) groups excluding carboxylic acids is 2. The molecule has 27 heavy (non-hydrogen) atoms. The first kappa shape index (κ1) is 19.2. The Labute approximate surface area is 159 Å². The summed E-state index contributed by atoms with van der Waals surface area (Å²) >= 11 is 0. The normalized spacial score (nSPS) is 15.8. The van der Waals surface area contributed by atoms with Gasteiger partial charge in [-0.2, -0.15) is 0 Å². The van der Waals surface area contributed by atoms with Crippen molar-refractivity contribution < 1.29 is 14.3 Å². The Morgan fingerprint density at radius 2 is 1.89 bits per heavy atom. The summed E-state index contributed by atoms with van der Waals surface area (Å²) in [6.45, 7) is 9.37. The van der Waals surface area contributed by atoms with E-state index in [9.17, 15) is 9.59 Å². The van der Waals surface area contributed by atoms with Crippen molar-refractivity contribution in [3.05, 3.63) is 24.3 Å². The molecule has 0 spiro atoms. The number of nitrogens with one attached hydrogen (secondary N) is 1. The number of aromatic nitrogens is 2. The minimum Gasteiger partial charge on any atom is -0.444 e. The Bertz CT molecular complexity index is 829. The zero-order chi connectivity index (χ0) is 19.6. The lowest BCUT2D eigenvalue weighted by Gasteiger charge is -2.32. The van der Waals surface area contributed by atoms with Gasteiger partial charge < -0.3 is 14.2 Å². The number of piperidine rings is 1. The highest BCUT2D eigenvalue weighted by molar-refractivity contribution is 5.93. The highest BCUT2D eigenvalue weighted by Crippen LogP contribution is 2.23. The van der Waals surface area contributed by atoms with Crippen molar-refractivity contribution >= 4 is 29.0 Å². The van der Waals surface area contributed by atoms with Crippen LogP contribution in [-0.4, -0.2) is 45.1 Å². The maximum absolute atomic E-state index is 12.7. The summed E-state index contributed by atoms with van der Waals surface area (Å²) in [5, 5.41) is 2.98. The largest absolute Gasteiger partial charge is 0.444 e.